The Labute approximate surface area is 129 Å². The third-order valence-electron chi connectivity index (χ3n) is 3.08. The first-order valence-corrected chi connectivity index (χ1v) is 8.05. The molecule has 0 atom stereocenters. The van der Waals surface area contributed by atoms with Gasteiger partial charge in [-0.15, -0.1) is 11.3 Å². The Balaban J connectivity index is 2.11. The number of hydrogen-bond acceptors (Lipinski definition) is 4. The van der Waals surface area contributed by atoms with E-state index in [0.717, 1.165) is 29.3 Å². The molecule has 4 nitrogen and oxygen atoms in total. The third-order valence-corrected chi connectivity index (χ3v) is 4.22. The highest BCUT2D eigenvalue weighted by molar-refractivity contribution is 7.09. The maximum Gasteiger partial charge on any atom is 0.275 e. The number of carbonyl (C=O) groups is 1. The maximum atomic E-state index is 12.3. The van der Waals surface area contributed by atoms with E-state index >= 15 is 0 Å². The number of para-hydroxylation sites is 1. The van der Waals surface area contributed by atoms with Gasteiger partial charge in [-0.2, -0.15) is 0 Å². The highest BCUT2D eigenvalue weighted by atomic mass is 32.1. The Kier molecular flexibility index (Phi) is 5.47. The van der Waals surface area contributed by atoms with Gasteiger partial charge in [0.15, 0.2) is 0 Å². The highest BCUT2D eigenvalue weighted by Gasteiger charge is 2.13. The molecule has 5 heteroatoms. The first kappa shape index (κ1) is 15.7. The normalized spacial score (nSPS) is 10.9. The number of nitrogens with zero attached hydrogens (tertiary/aromatic N) is 1. The van der Waals surface area contributed by atoms with Crippen molar-refractivity contribution in [2.24, 2.45) is 0 Å². The number of rotatable bonds is 6. The quantitative estimate of drug-likeness (QED) is 0.857. The number of carbonyl (C=O) groups excluding carboxylic acids is 1. The van der Waals surface area contributed by atoms with Crippen LogP contribution in [0, 0.1) is 0 Å². The van der Waals surface area contributed by atoms with Crippen LogP contribution in [-0.2, 0) is 6.54 Å². The van der Waals surface area contributed by atoms with Crippen LogP contribution < -0.4 is 10.6 Å². The van der Waals surface area contributed by atoms with Gasteiger partial charge in [0.05, 0.1) is 5.01 Å². The van der Waals surface area contributed by atoms with Crippen LogP contribution >= 0.6 is 11.3 Å². The van der Waals surface area contributed by atoms with E-state index in [-0.39, 0.29) is 5.91 Å². The van der Waals surface area contributed by atoms with Crippen LogP contribution in [0.4, 0.5) is 5.69 Å². The van der Waals surface area contributed by atoms with Gasteiger partial charge in [0.1, 0.15) is 5.69 Å². The molecule has 2 N–H and O–H groups in total. The van der Waals surface area contributed by atoms with E-state index in [1.54, 1.807) is 0 Å². The molecular weight excluding hydrogens is 282 g/mol. The van der Waals surface area contributed by atoms with Gasteiger partial charge in [-0.3, -0.25) is 4.79 Å². The number of nitrogens with one attached hydrogen (secondary N) is 2. The molecule has 0 saturated heterocycles. The van der Waals surface area contributed by atoms with Gasteiger partial charge in [-0.25, -0.2) is 4.98 Å². The van der Waals surface area contributed by atoms with E-state index in [9.17, 15) is 4.79 Å². The van der Waals surface area contributed by atoms with Crippen molar-refractivity contribution in [1.82, 2.24) is 10.3 Å². The van der Waals surface area contributed by atoms with E-state index < -0.39 is 0 Å². The zero-order chi connectivity index (χ0) is 15.2. The fourth-order valence-electron chi connectivity index (χ4n) is 1.90. The molecule has 1 aromatic heterocycles. The summed E-state index contributed by atoms with van der Waals surface area (Å²) in [6, 6.07) is 7.83. The molecule has 112 valence electrons. The van der Waals surface area contributed by atoms with Gasteiger partial charge in [0, 0.05) is 23.5 Å². The SMILES string of the molecule is CCNCc1ccccc1NC(=O)c1csc(C(C)C)n1. The predicted molar refractivity (Wildman–Crippen MR) is 88.0 cm³/mol. The first-order valence-electron chi connectivity index (χ1n) is 7.17. The van der Waals surface area contributed by atoms with E-state index in [4.69, 9.17) is 0 Å². The molecule has 0 bridgehead atoms. The van der Waals surface area contributed by atoms with Crippen LogP contribution in [0.25, 0.3) is 0 Å². The summed E-state index contributed by atoms with van der Waals surface area (Å²) in [4.78, 5) is 16.7. The Morgan fingerprint density at radius 3 is 2.76 bits per heavy atom. The molecule has 21 heavy (non-hydrogen) atoms. The Morgan fingerprint density at radius 2 is 2.10 bits per heavy atom. The van der Waals surface area contributed by atoms with Crippen LogP contribution in [0.15, 0.2) is 29.6 Å². The lowest BCUT2D eigenvalue weighted by molar-refractivity contribution is 0.102. The first-order chi connectivity index (χ1) is 10.1. The average molecular weight is 303 g/mol. The van der Waals surface area contributed by atoms with Gasteiger partial charge in [0.2, 0.25) is 0 Å². The van der Waals surface area contributed by atoms with E-state index in [0.29, 0.717) is 11.6 Å². The molecule has 0 aliphatic rings. The average Bonchev–Trinajstić information content (AvgIpc) is 2.96. The lowest BCUT2D eigenvalue weighted by Crippen LogP contribution is -2.17. The van der Waals surface area contributed by atoms with Gasteiger partial charge in [0.25, 0.3) is 5.91 Å². The van der Waals surface area contributed by atoms with E-state index in [2.05, 4.69) is 36.4 Å². The van der Waals surface area contributed by atoms with Crippen LogP contribution in [0.1, 0.15) is 47.7 Å². The summed E-state index contributed by atoms with van der Waals surface area (Å²) in [5.74, 6) is 0.194. The Bertz CT molecular complexity index is 607. The molecule has 2 rings (SSSR count). The number of thiazole rings is 1. The number of amides is 1. The second-order valence-electron chi connectivity index (χ2n) is 5.12. The fourth-order valence-corrected chi connectivity index (χ4v) is 2.71. The second-order valence-corrected chi connectivity index (χ2v) is 6.01. The van der Waals surface area contributed by atoms with E-state index in [1.807, 2.05) is 29.6 Å². The number of anilines is 1. The van der Waals surface area contributed by atoms with Crippen molar-refractivity contribution >= 4 is 22.9 Å². The number of aromatic nitrogens is 1. The summed E-state index contributed by atoms with van der Waals surface area (Å²) in [5.41, 5.74) is 2.40. The minimum atomic E-state index is -0.151. The molecule has 0 aliphatic heterocycles. The highest BCUT2D eigenvalue weighted by Crippen LogP contribution is 2.21. The van der Waals surface area contributed by atoms with E-state index in [1.165, 1.54) is 11.3 Å². The monoisotopic (exact) mass is 303 g/mol. The molecule has 1 heterocycles. The largest absolute Gasteiger partial charge is 0.320 e. The van der Waals surface area contributed by atoms with Crippen molar-refractivity contribution in [3.63, 3.8) is 0 Å². The summed E-state index contributed by atoms with van der Waals surface area (Å²) in [6.45, 7) is 7.84. The minimum absolute atomic E-state index is 0.151. The zero-order valence-electron chi connectivity index (χ0n) is 12.6. The van der Waals surface area contributed by atoms with Crippen molar-refractivity contribution in [2.75, 3.05) is 11.9 Å². The third kappa shape index (κ3) is 4.12. The standard InChI is InChI=1S/C16H21N3OS/c1-4-17-9-12-7-5-6-8-13(12)18-15(20)14-10-21-16(19-14)11(2)3/h5-8,10-11,17H,4,9H2,1-3H3,(H,18,20). The summed E-state index contributed by atoms with van der Waals surface area (Å²) in [5, 5.41) is 9.03. The van der Waals surface area contributed by atoms with Crippen molar-refractivity contribution in [3.8, 4) is 0 Å². The Hall–Kier alpha value is -1.72. The fraction of sp³-hybridized carbons (Fsp3) is 0.375. The lowest BCUT2D eigenvalue weighted by Gasteiger charge is -2.10. The van der Waals surface area contributed by atoms with Crippen LogP contribution in [0.3, 0.4) is 0 Å². The summed E-state index contributed by atoms with van der Waals surface area (Å²) in [7, 11) is 0. The molecule has 0 radical (unpaired) electrons. The maximum absolute atomic E-state index is 12.3. The lowest BCUT2D eigenvalue weighted by atomic mass is 10.1. The molecular formula is C16H21N3OS. The molecule has 2 aromatic rings. The van der Waals surface area contributed by atoms with Crippen molar-refractivity contribution < 1.29 is 4.79 Å². The molecule has 0 spiro atoms. The van der Waals surface area contributed by atoms with Gasteiger partial charge < -0.3 is 10.6 Å². The van der Waals surface area contributed by atoms with Crippen molar-refractivity contribution in [1.29, 1.82) is 0 Å². The van der Waals surface area contributed by atoms with Crippen LogP contribution in [-0.4, -0.2) is 17.4 Å². The summed E-state index contributed by atoms with van der Waals surface area (Å²) < 4.78 is 0. The number of benzene rings is 1. The summed E-state index contributed by atoms with van der Waals surface area (Å²) >= 11 is 1.53. The number of hydrogen-bond donors (Lipinski definition) is 2. The molecule has 0 unspecified atom stereocenters. The van der Waals surface area contributed by atoms with Gasteiger partial charge in [-0.05, 0) is 18.2 Å². The van der Waals surface area contributed by atoms with Crippen molar-refractivity contribution in [2.45, 2.75) is 33.2 Å². The molecule has 0 aliphatic carbocycles. The zero-order valence-corrected chi connectivity index (χ0v) is 13.5. The molecule has 0 fully saturated rings. The molecule has 0 saturated carbocycles. The molecule has 1 aromatic carbocycles. The second kappa shape index (κ2) is 7.33. The smallest absolute Gasteiger partial charge is 0.275 e. The van der Waals surface area contributed by atoms with Crippen molar-refractivity contribution in [3.05, 3.63) is 45.9 Å². The predicted octanol–water partition coefficient (Wildman–Crippen LogP) is 3.63. The van der Waals surface area contributed by atoms with Crippen LogP contribution in [0.2, 0.25) is 0 Å². The molecule has 1 amide bonds. The minimum Gasteiger partial charge on any atom is -0.320 e. The van der Waals surface area contributed by atoms with Gasteiger partial charge >= 0.3 is 0 Å². The summed E-state index contributed by atoms with van der Waals surface area (Å²) in [6.07, 6.45) is 0. The topological polar surface area (TPSA) is 54.0 Å². The van der Waals surface area contributed by atoms with Crippen LogP contribution in [0.5, 0.6) is 0 Å². The Morgan fingerprint density at radius 1 is 1.33 bits per heavy atom. The van der Waals surface area contributed by atoms with Gasteiger partial charge in [-0.1, -0.05) is 39.0 Å².